The summed E-state index contributed by atoms with van der Waals surface area (Å²) in [4.78, 5) is 13.5. The van der Waals surface area contributed by atoms with Gasteiger partial charge in [-0.3, -0.25) is 0 Å². The first-order valence-corrected chi connectivity index (χ1v) is 6.92. The molecule has 0 fully saturated rings. The molecule has 1 aromatic carbocycles. The molecule has 0 aliphatic heterocycles. The van der Waals surface area contributed by atoms with E-state index in [1.54, 1.807) is 25.3 Å². The van der Waals surface area contributed by atoms with Crippen LogP contribution >= 0.6 is 0 Å². The third kappa shape index (κ3) is 4.42. The Balaban J connectivity index is 2.86. The van der Waals surface area contributed by atoms with Crippen LogP contribution in [0.3, 0.4) is 0 Å². The van der Waals surface area contributed by atoms with Crippen LogP contribution in [0.15, 0.2) is 18.2 Å². The first-order chi connectivity index (χ1) is 9.51. The zero-order valence-corrected chi connectivity index (χ0v) is 12.6. The van der Waals surface area contributed by atoms with Gasteiger partial charge in [0.1, 0.15) is 5.75 Å². The molecule has 1 atom stereocenters. The molecule has 0 bridgehead atoms. The number of anilines is 1. The van der Waals surface area contributed by atoms with E-state index < -0.39 is 5.97 Å². The summed E-state index contributed by atoms with van der Waals surface area (Å²) < 4.78 is 5.15. The molecule has 1 rings (SSSR count). The smallest absolute Gasteiger partial charge is 0.337 e. The number of carboxylic acid groups (broad SMARTS) is 1. The molecular formula is C15H24N2O3. The average Bonchev–Trinajstić information content (AvgIpc) is 2.44. The second-order valence-electron chi connectivity index (χ2n) is 4.75. The van der Waals surface area contributed by atoms with E-state index in [0.717, 1.165) is 19.6 Å². The van der Waals surface area contributed by atoms with Gasteiger partial charge >= 0.3 is 5.97 Å². The molecule has 0 spiro atoms. The molecule has 20 heavy (non-hydrogen) atoms. The summed E-state index contributed by atoms with van der Waals surface area (Å²) in [6.07, 6.45) is 0. The van der Waals surface area contributed by atoms with Crippen LogP contribution in [-0.2, 0) is 0 Å². The predicted octanol–water partition coefficient (Wildman–Crippen LogP) is 2.54. The summed E-state index contributed by atoms with van der Waals surface area (Å²) >= 11 is 0. The maximum Gasteiger partial charge on any atom is 0.337 e. The van der Waals surface area contributed by atoms with Gasteiger partial charge in [0, 0.05) is 18.7 Å². The molecule has 0 saturated carbocycles. The van der Waals surface area contributed by atoms with Gasteiger partial charge in [0.2, 0.25) is 0 Å². The van der Waals surface area contributed by atoms with Gasteiger partial charge in [0.15, 0.2) is 0 Å². The van der Waals surface area contributed by atoms with Gasteiger partial charge in [0.25, 0.3) is 0 Å². The number of likely N-dealkylation sites (N-methyl/N-ethyl adjacent to an activating group) is 1. The van der Waals surface area contributed by atoms with Crippen LogP contribution in [0, 0.1) is 0 Å². The number of carbonyl (C=O) groups is 1. The first kappa shape index (κ1) is 16.3. The van der Waals surface area contributed by atoms with Crippen molar-refractivity contribution in [1.82, 2.24) is 4.90 Å². The van der Waals surface area contributed by atoms with E-state index in [4.69, 9.17) is 4.74 Å². The Kier molecular flexibility index (Phi) is 6.31. The molecule has 2 N–H and O–H groups in total. The van der Waals surface area contributed by atoms with Gasteiger partial charge in [-0.15, -0.1) is 0 Å². The molecule has 0 aliphatic rings. The van der Waals surface area contributed by atoms with E-state index in [9.17, 15) is 9.90 Å². The minimum absolute atomic E-state index is 0.153. The Labute approximate surface area is 120 Å². The number of nitrogens with zero attached hydrogens (tertiary/aromatic N) is 1. The number of hydrogen-bond acceptors (Lipinski definition) is 4. The number of rotatable bonds is 8. The third-order valence-electron chi connectivity index (χ3n) is 3.29. The molecule has 0 aliphatic carbocycles. The van der Waals surface area contributed by atoms with Gasteiger partial charge < -0.3 is 20.1 Å². The van der Waals surface area contributed by atoms with E-state index in [0.29, 0.717) is 11.4 Å². The molecule has 112 valence electrons. The van der Waals surface area contributed by atoms with Crippen LogP contribution < -0.4 is 10.1 Å². The summed E-state index contributed by atoms with van der Waals surface area (Å²) in [6.45, 7) is 9.10. The Morgan fingerprint density at radius 2 is 2.05 bits per heavy atom. The fourth-order valence-corrected chi connectivity index (χ4v) is 2.14. The topological polar surface area (TPSA) is 61.8 Å². The lowest BCUT2D eigenvalue weighted by molar-refractivity contribution is 0.0698. The van der Waals surface area contributed by atoms with Gasteiger partial charge in [-0.1, -0.05) is 13.8 Å². The minimum atomic E-state index is -0.940. The van der Waals surface area contributed by atoms with Crippen LogP contribution in [0.4, 0.5) is 5.69 Å². The van der Waals surface area contributed by atoms with E-state index in [1.165, 1.54) is 0 Å². The molecule has 5 nitrogen and oxygen atoms in total. The summed E-state index contributed by atoms with van der Waals surface area (Å²) in [6, 6.07) is 5.10. The zero-order valence-electron chi connectivity index (χ0n) is 12.6. The van der Waals surface area contributed by atoms with Gasteiger partial charge in [0.05, 0.1) is 18.4 Å². The van der Waals surface area contributed by atoms with Gasteiger partial charge in [-0.05, 0) is 32.1 Å². The highest BCUT2D eigenvalue weighted by Gasteiger charge is 2.14. The predicted molar refractivity (Wildman–Crippen MR) is 80.8 cm³/mol. The van der Waals surface area contributed by atoms with Crippen LogP contribution in [-0.4, -0.2) is 48.8 Å². The molecule has 0 amide bonds. The van der Waals surface area contributed by atoms with Crippen molar-refractivity contribution in [3.8, 4) is 5.75 Å². The van der Waals surface area contributed by atoms with Crippen LogP contribution in [0.5, 0.6) is 5.75 Å². The lowest BCUT2D eigenvalue weighted by Crippen LogP contribution is -2.35. The van der Waals surface area contributed by atoms with Crippen molar-refractivity contribution in [3.05, 3.63) is 23.8 Å². The summed E-state index contributed by atoms with van der Waals surface area (Å²) in [5.41, 5.74) is 0.855. The monoisotopic (exact) mass is 280 g/mol. The molecule has 0 aromatic heterocycles. The third-order valence-corrected chi connectivity index (χ3v) is 3.29. The SMILES string of the molecule is CCN(CC)CC(C)Nc1cc(OC)ccc1C(=O)O. The fourth-order valence-electron chi connectivity index (χ4n) is 2.14. The first-order valence-electron chi connectivity index (χ1n) is 6.92. The van der Waals surface area contributed by atoms with Crippen molar-refractivity contribution in [2.45, 2.75) is 26.8 Å². The molecule has 1 aromatic rings. The molecule has 1 unspecified atom stereocenters. The van der Waals surface area contributed by atoms with E-state index in [1.807, 2.05) is 6.92 Å². The Morgan fingerprint density at radius 3 is 2.55 bits per heavy atom. The van der Waals surface area contributed by atoms with Crippen LogP contribution in [0.1, 0.15) is 31.1 Å². The van der Waals surface area contributed by atoms with Crippen molar-refractivity contribution in [2.75, 3.05) is 32.1 Å². The fraction of sp³-hybridized carbons (Fsp3) is 0.533. The summed E-state index contributed by atoms with van der Waals surface area (Å²) in [5, 5.41) is 12.5. The average molecular weight is 280 g/mol. The second-order valence-corrected chi connectivity index (χ2v) is 4.75. The number of benzene rings is 1. The van der Waals surface area contributed by atoms with Crippen LogP contribution in [0.2, 0.25) is 0 Å². The Hall–Kier alpha value is -1.75. The van der Waals surface area contributed by atoms with Crippen LogP contribution in [0.25, 0.3) is 0 Å². The lowest BCUT2D eigenvalue weighted by Gasteiger charge is -2.24. The summed E-state index contributed by atoms with van der Waals surface area (Å²) in [7, 11) is 1.57. The highest BCUT2D eigenvalue weighted by Crippen LogP contribution is 2.23. The zero-order chi connectivity index (χ0) is 15.1. The maximum absolute atomic E-state index is 11.2. The lowest BCUT2D eigenvalue weighted by atomic mass is 10.1. The van der Waals surface area contributed by atoms with Crippen molar-refractivity contribution in [3.63, 3.8) is 0 Å². The highest BCUT2D eigenvalue weighted by atomic mass is 16.5. The molecule has 0 radical (unpaired) electrons. The second kappa shape index (κ2) is 7.75. The molecule has 0 saturated heterocycles. The van der Waals surface area contributed by atoms with Crippen molar-refractivity contribution < 1.29 is 14.6 Å². The van der Waals surface area contributed by atoms with Gasteiger partial charge in [-0.2, -0.15) is 0 Å². The number of hydrogen-bond donors (Lipinski definition) is 2. The van der Waals surface area contributed by atoms with E-state index in [2.05, 4.69) is 24.1 Å². The number of carboxylic acids is 1. The largest absolute Gasteiger partial charge is 0.497 e. The van der Waals surface area contributed by atoms with E-state index in [-0.39, 0.29) is 11.6 Å². The molecule has 0 heterocycles. The Morgan fingerprint density at radius 1 is 1.40 bits per heavy atom. The van der Waals surface area contributed by atoms with Crippen molar-refractivity contribution >= 4 is 11.7 Å². The standard InChI is InChI=1S/C15H24N2O3/c1-5-17(6-2)10-11(3)16-14-9-12(20-4)7-8-13(14)15(18)19/h7-9,11,16H,5-6,10H2,1-4H3,(H,18,19). The number of ether oxygens (including phenoxy) is 1. The summed E-state index contributed by atoms with van der Waals surface area (Å²) in [5.74, 6) is -0.294. The van der Waals surface area contributed by atoms with Crippen molar-refractivity contribution in [2.24, 2.45) is 0 Å². The molecule has 5 heteroatoms. The van der Waals surface area contributed by atoms with E-state index >= 15 is 0 Å². The maximum atomic E-state index is 11.2. The van der Waals surface area contributed by atoms with Gasteiger partial charge in [-0.25, -0.2) is 4.79 Å². The number of methoxy groups -OCH3 is 1. The number of nitrogens with one attached hydrogen (secondary N) is 1. The number of aromatic carboxylic acids is 1. The van der Waals surface area contributed by atoms with Crippen molar-refractivity contribution in [1.29, 1.82) is 0 Å². The quantitative estimate of drug-likeness (QED) is 0.766. The minimum Gasteiger partial charge on any atom is -0.497 e. The normalized spacial score (nSPS) is 12.2. The molecular weight excluding hydrogens is 256 g/mol. The Bertz CT molecular complexity index is 445. The highest BCUT2D eigenvalue weighted by molar-refractivity contribution is 5.94.